The van der Waals surface area contributed by atoms with E-state index >= 15 is 0 Å². The molecular formula is C22H17ClN4O. The SMILES string of the molecule is O=C(c1nc2ccncc2[nH]1)c1cn(Cc2ccc(Cl)cc2)c2ccccc12.[HH]. The summed E-state index contributed by atoms with van der Waals surface area (Å²) in [5.41, 5.74) is 4.20. The summed E-state index contributed by atoms with van der Waals surface area (Å²) in [5, 5.41) is 1.61. The van der Waals surface area contributed by atoms with Crippen LogP contribution >= 0.6 is 11.6 Å². The number of hydrogen-bond acceptors (Lipinski definition) is 3. The molecular weight excluding hydrogens is 372 g/mol. The van der Waals surface area contributed by atoms with Gasteiger partial charge in [-0.2, -0.15) is 0 Å². The lowest BCUT2D eigenvalue weighted by Crippen LogP contribution is -2.03. The van der Waals surface area contributed by atoms with Crippen LogP contribution in [0.2, 0.25) is 5.02 Å². The average molecular weight is 389 g/mol. The van der Waals surface area contributed by atoms with E-state index in [0.717, 1.165) is 27.5 Å². The predicted molar refractivity (Wildman–Crippen MR) is 112 cm³/mol. The molecule has 3 heterocycles. The van der Waals surface area contributed by atoms with Crippen molar-refractivity contribution in [2.75, 3.05) is 0 Å². The van der Waals surface area contributed by atoms with Crippen LogP contribution in [0.4, 0.5) is 0 Å². The van der Waals surface area contributed by atoms with E-state index in [1.165, 1.54) is 0 Å². The maximum absolute atomic E-state index is 13.2. The lowest BCUT2D eigenvalue weighted by Gasteiger charge is -2.05. The Morgan fingerprint density at radius 2 is 1.93 bits per heavy atom. The molecule has 0 amide bonds. The number of aromatic nitrogens is 4. The summed E-state index contributed by atoms with van der Waals surface area (Å²) < 4.78 is 2.08. The first-order valence-corrected chi connectivity index (χ1v) is 9.23. The molecule has 0 saturated heterocycles. The Balaban J connectivity index is 0.00000205. The van der Waals surface area contributed by atoms with Crippen molar-refractivity contribution >= 4 is 39.3 Å². The van der Waals surface area contributed by atoms with Crippen LogP contribution in [-0.2, 0) is 6.54 Å². The number of H-pyrrole nitrogens is 1. The number of nitrogens with one attached hydrogen (secondary N) is 1. The fourth-order valence-corrected chi connectivity index (χ4v) is 3.56. The zero-order valence-electron chi connectivity index (χ0n) is 14.8. The molecule has 138 valence electrons. The number of carbonyl (C=O) groups excluding carboxylic acids is 1. The lowest BCUT2D eigenvalue weighted by molar-refractivity contribution is 0.103. The van der Waals surface area contributed by atoms with Crippen LogP contribution in [0.15, 0.2) is 73.2 Å². The Bertz CT molecular complexity index is 1290. The minimum atomic E-state index is -0.137. The average Bonchev–Trinajstić information content (AvgIpc) is 3.31. The molecule has 0 aliphatic rings. The summed E-state index contributed by atoms with van der Waals surface area (Å²) in [7, 11) is 0. The molecule has 0 aliphatic carbocycles. The molecule has 0 radical (unpaired) electrons. The van der Waals surface area contributed by atoms with Gasteiger partial charge in [0.05, 0.1) is 22.8 Å². The largest absolute Gasteiger partial charge is 0.342 e. The molecule has 0 spiro atoms. The number of carbonyl (C=O) groups is 1. The van der Waals surface area contributed by atoms with Gasteiger partial charge in [-0.3, -0.25) is 9.78 Å². The van der Waals surface area contributed by atoms with Crippen LogP contribution in [0.3, 0.4) is 0 Å². The molecule has 3 aromatic heterocycles. The van der Waals surface area contributed by atoms with Gasteiger partial charge in [0, 0.05) is 36.3 Å². The van der Waals surface area contributed by atoms with Crippen molar-refractivity contribution in [1.82, 2.24) is 19.5 Å². The Morgan fingerprint density at radius 1 is 1.11 bits per heavy atom. The van der Waals surface area contributed by atoms with E-state index in [-0.39, 0.29) is 7.21 Å². The third-order valence-corrected chi connectivity index (χ3v) is 5.05. The topological polar surface area (TPSA) is 63.6 Å². The van der Waals surface area contributed by atoms with E-state index in [9.17, 15) is 4.79 Å². The molecule has 5 aromatic rings. The number of para-hydroxylation sites is 1. The van der Waals surface area contributed by atoms with Gasteiger partial charge < -0.3 is 9.55 Å². The van der Waals surface area contributed by atoms with E-state index in [2.05, 4.69) is 19.5 Å². The molecule has 0 atom stereocenters. The van der Waals surface area contributed by atoms with Crippen molar-refractivity contribution in [1.29, 1.82) is 0 Å². The fraction of sp³-hybridized carbons (Fsp3) is 0.0455. The Kier molecular flexibility index (Phi) is 3.95. The standard InChI is InChI=1S/C22H15ClN4O.H2/c23-15-7-5-14(6-8-15)12-27-13-17(16-3-1-2-4-20(16)27)21(28)22-25-18-9-10-24-11-19(18)26-22;/h1-11,13H,12H2,(H,25,26);1H. The van der Waals surface area contributed by atoms with Gasteiger partial charge in [-0.05, 0) is 29.8 Å². The van der Waals surface area contributed by atoms with E-state index in [4.69, 9.17) is 11.6 Å². The van der Waals surface area contributed by atoms with Crippen molar-refractivity contribution in [2.24, 2.45) is 0 Å². The molecule has 5 nitrogen and oxygen atoms in total. The summed E-state index contributed by atoms with van der Waals surface area (Å²) in [6.07, 6.45) is 5.23. The van der Waals surface area contributed by atoms with Gasteiger partial charge in [0.1, 0.15) is 0 Å². The maximum atomic E-state index is 13.2. The lowest BCUT2D eigenvalue weighted by atomic mass is 10.1. The van der Waals surface area contributed by atoms with Gasteiger partial charge in [0.25, 0.3) is 0 Å². The second-order valence-corrected chi connectivity index (χ2v) is 7.06. The molecule has 0 aliphatic heterocycles. The Morgan fingerprint density at radius 3 is 2.75 bits per heavy atom. The first-order valence-electron chi connectivity index (χ1n) is 8.86. The zero-order valence-corrected chi connectivity index (χ0v) is 15.5. The molecule has 1 N–H and O–H groups in total. The molecule has 5 rings (SSSR count). The van der Waals surface area contributed by atoms with Crippen LogP contribution in [0.25, 0.3) is 21.9 Å². The van der Waals surface area contributed by atoms with E-state index in [1.807, 2.05) is 54.7 Å². The van der Waals surface area contributed by atoms with Gasteiger partial charge >= 0.3 is 0 Å². The van der Waals surface area contributed by atoms with E-state index in [0.29, 0.717) is 23.0 Å². The molecule has 6 heteroatoms. The number of aromatic amines is 1. The summed E-state index contributed by atoms with van der Waals surface area (Å²) >= 11 is 5.99. The number of hydrogen-bond donors (Lipinski definition) is 1. The fourth-order valence-electron chi connectivity index (χ4n) is 3.44. The van der Waals surface area contributed by atoms with Crippen molar-refractivity contribution in [3.05, 3.63) is 95.2 Å². The van der Waals surface area contributed by atoms with Gasteiger partial charge in [0.15, 0.2) is 5.82 Å². The van der Waals surface area contributed by atoms with Crippen LogP contribution in [-0.4, -0.2) is 25.3 Å². The summed E-state index contributed by atoms with van der Waals surface area (Å²) in [6, 6.07) is 17.4. The van der Waals surface area contributed by atoms with Crippen LogP contribution < -0.4 is 0 Å². The monoisotopic (exact) mass is 388 g/mol. The molecule has 0 bridgehead atoms. The number of pyridine rings is 1. The Hall–Kier alpha value is -3.44. The van der Waals surface area contributed by atoms with Crippen molar-refractivity contribution in [2.45, 2.75) is 6.54 Å². The van der Waals surface area contributed by atoms with E-state index in [1.54, 1.807) is 18.5 Å². The third kappa shape index (κ3) is 2.86. The predicted octanol–water partition coefficient (Wildman–Crippen LogP) is 5.09. The number of halogens is 1. The van der Waals surface area contributed by atoms with Crippen molar-refractivity contribution in [3.8, 4) is 0 Å². The minimum absolute atomic E-state index is 0. The van der Waals surface area contributed by atoms with Gasteiger partial charge in [0.2, 0.25) is 5.78 Å². The first kappa shape index (κ1) is 16.7. The first-order chi connectivity index (χ1) is 13.7. The number of rotatable bonds is 4. The highest BCUT2D eigenvalue weighted by Gasteiger charge is 2.19. The highest BCUT2D eigenvalue weighted by molar-refractivity contribution is 6.30. The van der Waals surface area contributed by atoms with E-state index < -0.39 is 0 Å². The number of fused-ring (bicyclic) bond motifs is 2. The molecule has 2 aromatic carbocycles. The maximum Gasteiger partial charge on any atom is 0.230 e. The normalized spacial score (nSPS) is 11.3. The Labute approximate surface area is 167 Å². The molecule has 28 heavy (non-hydrogen) atoms. The number of imidazole rings is 1. The van der Waals surface area contributed by atoms with Crippen LogP contribution in [0.1, 0.15) is 23.2 Å². The minimum Gasteiger partial charge on any atom is -0.342 e. The van der Waals surface area contributed by atoms with Crippen LogP contribution in [0, 0.1) is 0 Å². The zero-order chi connectivity index (χ0) is 19.1. The van der Waals surface area contributed by atoms with Gasteiger partial charge in [-0.1, -0.05) is 41.9 Å². The summed E-state index contributed by atoms with van der Waals surface area (Å²) in [6.45, 7) is 0.648. The van der Waals surface area contributed by atoms with Crippen molar-refractivity contribution < 1.29 is 6.22 Å². The highest BCUT2D eigenvalue weighted by Crippen LogP contribution is 2.25. The van der Waals surface area contributed by atoms with Gasteiger partial charge in [-0.25, -0.2) is 4.98 Å². The third-order valence-electron chi connectivity index (χ3n) is 4.80. The smallest absolute Gasteiger partial charge is 0.230 e. The number of nitrogens with zero attached hydrogens (tertiary/aromatic N) is 3. The second kappa shape index (κ2) is 6.62. The van der Waals surface area contributed by atoms with Gasteiger partial charge in [-0.15, -0.1) is 0 Å². The second-order valence-electron chi connectivity index (χ2n) is 6.62. The molecule has 0 fully saturated rings. The number of ketones is 1. The van der Waals surface area contributed by atoms with Crippen molar-refractivity contribution in [3.63, 3.8) is 0 Å². The molecule has 0 unspecified atom stereocenters. The summed E-state index contributed by atoms with van der Waals surface area (Å²) in [4.78, 5) is 24.8. The highest BCUT2D eigenvalue weighted by atomic mass is 35.5. The number of benzene rings is 2. The molecule has 0 saturated carbocycles. The quantitative estimate of drug-likeness (QED) is 0.436. The summed E-state index contributed by atoms with van der Waals surface area (Å²) in [5.74, 6) is 0.180. The van der Waals surface area contributed by atoms with Crippen LogP contribution in [0.5, 0.6) is 0 Å².